The van der Waals surface area contributed by atoms with Crippen molar-refractivity contribution >= 4 is 28.8 Å². The van der Waals surface area contributed by atoms with E-state index < -0.39 is 4.92 Å². The van der Waals surface area contributed by atoms with Gasteiger partial charge in [0.2, 0.25) is 0 Å². The zero-order chi connectivity index (χ0) is 6.85. The summed E-state index contributed by atoms with van der Waals surface area (Å²) in [5.41, 5.74) is 0. The summed E-state index contributed by atoms with van der Waals surface area (Å²) in [7, 11) is 0. The smallest absolute Gasteiger partial charge is 0.358 e. The van der Waals surface area contributed by atoms with Gasteiger partial charge < -0.3 is 10.1 Å². The molecule has 1 aromatic rings. The second-order valence-corrected chi connectivity index (χ2v) is 2.53. The van der Waals surface area contributed by atoms with Crippen LogP contribution in [0.5, 0.6) is 0 Å². The lowest BCUT2D eigenvalue weighted by Crippen LogP contribution is -1.85. The summed E-state index contributed by atoms with van der Waals surface area (Å²) < 4.78 is 0.140. The van der Waals surface area contributed by atoms with Gasteiger partial charge in [0.05, 0.1) is 0 Å². The summed E-state index contributed by atoms with van der Waals surface area (Å²) in [5, 5.41) is 12.2. The minimum Gasteiger partial charge on any atom is -0.358 e. The first-order valence-corrected chi connectivity index (χ1v) is 3.08. The fraction of sp³-hybridized carbons (Fsp3) is 0. The summed E-state index contributed by atoms with van der Waals surface area (Å²) in [5.74, 6) is -0.315. The Labute approximate surface area is 59.2 Å². The minimum absolute atomic E-state index is 0.140. The molecule has 47 valence electrons. The van der Waals surface area contributed by atoms with Gasteiger partial charge in [0, 0.05) is 0 Å². The normalized spacial score (nSPS) is 9.44. The standard InChI is InChI=1S/C3ClN2O2S/c4-3-5-2(1-9-3)6(7)8. The number of halogens is 1. The Morgan fingerprint density at radius 3 is 2.78 bits per heavy atom. The molecule has 0 aliphatic heterocycles. The highest BCUT2D eigenvalue weighted by atomic mass is 35.5. The van der Waals surface area contributed by atoms with Gasteiger partial charge in [-0.2, -0.15) is 0 Å². The predicted molar refractivity (Wildman–Crippen MR) is 32.6 cm³/mol. The van der Waals surface area contributed by atoms with Gasteiger partial charge in [-0.05, 0) is 21.5 Å². The number of thiazole rings is 1. The van der Waals surface area contributed by atoms with E-state index in [2.05, 4.69) is 10.4 Å². The highest BCUT2D eigenvalue weighted by Gasteiger charge is 2.11. The van der Waals surface area contributed by atoms with Crippen molar-refractivity contribution in [1.29, 1.82) is 0 Å². The van der Waals surface area contributed by atoms with Crippen LogP contribution in [0, 0.1) is 15.5 Å². The van der Waals surface area contributed by atoms with E-state index in [4.69, 9.17) is 11.6 Å². The molecule has 0 N–H and O–H groups in total. The number of aromatic nitrogens is 1. The average Bonchev–Trinajstić information content (AvgIpc) is 2.14. The first kappa shape index (κ1) is 6.44. The number of hydrogen-bond donors (Lipinski definition) is 0. The summed E-state index contributed by atoms with van der Waals surface area (Å²) >= 11 is 6.20. The Morgan fingerprint density at radius 2 is 2.56 bits per heavy atom. The second kappa shape index (κ2) is 2.28. The zero-order valence-corrected chi connectivity index (χ0v) is 5.57. The van der Waals surface area contributed by atoms with Gasteiger partial charge >= 0.3 is 5.82 Å². The van der Waals surface area contributed by atoms with Gasteiger partial charge in [-0.15, -0.1) is 0 Å². The van der Waals surface area contributed by atoms with E-state index in [1.54, 1.807) is 0 Å². The third kappa shape index (κ3) is 1.36. The maximum Gasteiger partial charge on any atom is 0.385 e. The van der Waals surface area contributed by atoms with Crippen LogP contribution in [-0.4, -0.2) is 9.91 Å². The largest absolute Gasteiger partial charge is 0.385 e. The molecule has 1 heterocycles. The Hall–Kier alpha value is -0.680. The lowest BCUT2D eigenvalue weighted by Gasteiger charge is -1.80. The summed E-state index contributed by atoms with van der Waals surface area (Å²) in [6.07, 6.45) is 0. The maximum atomic E-state index is 9.87. The Balaban J connectivity index is 2.98. The van der Waals surface area contributed by atoms with Crippen molar-refractivity contribution in [3.05, 3.63) is 20.0 Å². The quantitative estimate of drug-likeness (QED) is 0.466. The molecule has 0 saturated heterocycles. The van der Waals surface area contributed by atoms with Gasteiger partial charge in [-0.3, -0.25) is 0 Å². The average molecular weight is 164 g/mol. The predicted octanol–water partition coefficient (Wildman–Crippen LogP) is 1.50. The van der Waals surface area contributed by atoms with Gasteiger partial charge in [0.15, 0.2) is 5.38 Å². The Morgan fingerprint density at radius 1 is 1.89 bits per heavy atom. The van der Waals surface area contributed by atoms with Crippen molar-refractivity contribution in [2.45, 2.75) is 0 Å². The molecular weight excluding hydrogens is 164 g/mol. The Bertz CT molecular complexity index is 235. The molecule has 0 amide bonds. The van der Waals surface area contributed by atoms with E-state index in [9.17, 15) is 10.1 Å². The molecule has 0 aromatic carbocycles. The molecule has 0 spiro atoms. The lowest BCUT2D eigenvalue weighted by molar-refractivity contribution is -0.389. The van der Waals surface area contributed by atoms with Gasteiger partial charge in [0.25, 0.3) is 4.47 Å². The molecular formula is C3ClN2O2S. The van der Waals surface area contributed by atoms with Crippen molar-refractivity contribution < 1.29 is 4.92 Å². The zero-order valence-electron chi connectivity index (χ0n) is 4.00. The fourth-order valence-corrected chi connectivity index (χ4v) is 0.918. The van der Waals surface area contributed by atoms with Gasteiger partial charge in [-0.25, -0.2) is 0 Å². The van der Waals surface area contributed by atoms with Crippen molar-refractivity contribution in [3.63, 3.8) is 0 Å². The highest BCUT2D eigenvalue weighted by Crippen LogP contribution is 2.18. The lowest BCUT2D eigenvalue weighted by atomic mass is 10.8. The highest BCUT2D eigenvalue weighted by molar-refractivity contribution is 7.13. The first-order valence-electron chi connectivity index (χ1n) is 1.88. The third-order valence-corrected chi connectivity index (χ3v) is 1.45. The first-order chi connectivity index (χ1) is 4.20. The van der Waals surface area contributed by atoms with E-state index in [0.29, 0.717) is 0 Å². The summed E-state index contributed by atoms with van der Waals surface area (Å²) in [4.78, 5) is 12.6. The van der Waals surface area contributed by atoms with Crippen LogP contribution >= 0.6 is 22.9 Å². The van der Waals surface area contributed by atoms with Crippen molar-refractivity contribution in [1.82, 2.24) is 4.98 Å². The van der Waals surface area contributed by atoms with Crippen LogP contribution in [0.15, 0.2) is 0 Å². The van der Waals surface area contributed by atoms with Crippen molar-refractivity contribution in [3.8, 4) is 0 Å². The van der Waals surface area contributed by atoms with Gasteiger partial charge in [0.1, 0.15) is 0 Å². The molecule has 0 aliphatic carbocycles. The fourth-order valence-electron chi connectivity index (χ4n) is 0.295. The van der Waals surface area contributed by atoms with Crippen molar-refractivity contribution in [2.24, 2.45) is 0 Å². The molecule has 6 heteroatoms. The van der Waals surface area contributed by atoms with Crippen molar-refractivity contribution in [2.75, 3.05) is 0 Å². The topological polar surface area (TPSA) is 56.0 Å². The molecule has 0 saturated carbocycles. The molecule has 0 bridgehead atoms. The molecule has 0 aliphatic rings. The molecule has 1 radical (unpaired) electrons. The maximum absolute atomic E-state index is 9.87. The van der Waals surface area contributed by atoms with Crippen LogP contribution in [-0.2, 0) is 0 Å². The number of nitro groups is 1. The number of rotatable bonds is 1. The van der Waals surface area contributed by atoms with E-state index >= 15 is 0 Å². The molecule has 9 heavy (non-hydrogen) atoms. The Kier molecular flexibility index (Phi) is 1.63. The number of nitrogens with zero attached hydrogens (tertiary/aromatic N) is 2. The third-order valence-electron chi connectivity index (χ3n) is 0.593. The van der Waals surface area contributed by atoms with Crippen LogP contribution < -0.4 is 0 Å². The SMILES string of the molecule is O=[N+]([O-])c1[c]sc(Cl)n1. The van der Waals surface area contributed by atoms with E-state index in [1.807, 2.05) is 0 Å². The van der Waals surface area contributed by atoms with E-state index in [0.717, 1.165) is 11.3 Å². The van der Waals surface area contributed by atoms with Crippen LogP contribution in [0.1, 0.15) is 0 Å². The van der Waals surface area contributed by atoms with Crippen LogP contribution in [0.2, 0.25) is 4.47 Å². The monoisotopic (exact) mass is 163 g/mol. The van der Waals surface area contributed by atoms with Gasteiger partial charge in [-0.1, -0.05) is 11.3 Å². The molecule has 1 rings (SSSR count). The summed E-state index contributed by atoms with van der Waals surface area (Å²) in [6.45, 7) is 0. The molecule has 1 aromatic heterocycles. The van der Waals surface area contributed by atoms with Crippen LogP contribution in [0.25, 0.3) is 0 Å². The molecule has 0 fully saturated rings. The second-order valence-electron chi connectivity index (χ2n) is 1.15. The number of hydrogen-bond acceptors (Lipinski definition) is 4. The molecule has 0 unspecified atom stereocenters. The van der Waals surface area contributed by atoms with Crippen LogP contribution in [0.3, 0.4) is 0 Å². The van der Waals surface area contributed by atoms with E-state index in [-0.39, 0.29) is 10.3 Å². The van der Waals surface area contributed by atoms with Crippen LogP contribution in [0.4, 0.5) is 5.82 Å². The molecule has 4 nitrogen and oxygen atoms in total. The summed E-state index contributed by atoms with van der Waals surface area (Å²) in [6, 6.07) is 0. The molecule has 0 atom stereocenters. The van der Waals surface area contributed by atoms with E-state index in [1.165, 1.54) is 0 Å². The minimum atomic E-state index is -0.637.